The predicted octanol–water partition coefficient (Wildman–Crippen LogP) is 3.51. The van der Waals surface area contributed by atoms with Gasteiger partial charge in [0.25, 0.3) is 0 Å². The first kappa shape index (κ1) is 16.8. The van der Waals surface area contributed by atoms with Gasteiger partial charge in [-0.2, -0.15) is 0 Å². The number of carbonyl (C=O) groups is 1. The van der Waals surface area contributed by atoms with Crippen LogP contribution < -0.4 is 5.32 Å². The monoisotopic (exact) mass is 338 g/mol. The van der Waals surface area contributed by atoms with Crippen LogP contribution in [-0.4, -0.2) is 35.7 Å². The number of carbonyl (C=O) groups excluding carboxylic acids is 1. The summed E-state index contributed by atoms with van der Waals surface area (Å²) in [6, 6.07) is 11.0. The van der Waals surface area contributed by atoms with Crippen molar-refractivity contribution >= 4 is 29.0 Å². The summed E-state index contributed by atoms with van der Waals surface area (Å²) in [5, 5.41) is 14.7. The lowest BCUT2D eigenvalue weighted by molar-refractivity contribution is 0.178. The van der Waals surface area contributed by atoms with Gasteiger partial charge in [0.2, 0.25) is 0 Å². The molecule has 0 fully saturated rings. The van der Waals surface area contributed by atoms with Gasteiger partial charge in [-0.05, 0) is 36.1 Å². The van der Waals surface area contributed by atoms with Crippen LogP contribution in [0.15, 0.2) is 41.8 Å². The summed E-state index contributed by atoms with van der Waals surface area (Å²) in [7, 11) is 0. The molecule has 2 amide bonds. The standard InChI is InChI=1S/C16H19ClN2O2S/c1-2-19(9-10-20)16(21)18-15(14-4-3-11-22-14)12-5-7-13(17)8-6-12/h3-8,11,15,20H,2,9-10H2,1H3,(H,18,21). The lowest BCUT2D eigenvalue weighted by Gasteiger charge is -2.25. The van der Waals surface area contributed by atoms with Crippen molar-refractivity contribution in [3.05, 3.63) is 57.2 Å². The van der Waals surface area contributed by atoms with Crippen LogP contribution in [0, 0.1) is 0 Å². The molecule has 6 heteroatoms. The third-order valence-corrected chi connectivity index (χ3v) is 4.53. The fourth-order valence-corrected chi connectivity index (χ4v) is 3.10. The second-order valence-electron chi connectivity index (χ2n) is 4.75. The number of rotatable bonds is 6. The Labute approximate surface area is 139 Å². The van der Waals surface area contributed by atoms with Crippen LogP contribution in [0.4, 0.5) is 4.79 Å². The van der Waals surface area contributed by atoms with Gasteiger partial charge in [-0.3, -0.25) is 0 Å². The van der Waals surface area contributed by atoms with Crippen molar-refractivity contribution in [2.45, 2.75) is 13.0 Å². The van der Waals surface area contributed by atoms with Crippen molar-refractivity contribution in [3.63, 3.8) is 0 Å². The number of nitrogens with one attached hydrogen (secondary N) is 1. The number of thiophene rings is 1. The fourth-order valence-electron chi connectivity index (χ4n) is 2.17. The van der Waals surface area contributed by atoms with Gasteiger partial charge >= 0.3 is 6.03 Å². The van der Waals surface area contributed by atoms with Gasteiger partial charge < -0.3 is 15.3 Å². The first-order valence-corrected chi connectivity index (χ1v) is 8.36. The summed E-state index contributed by atoms with van der Waals surface area (Å²) in [6.45, 7) is 2.70. The Kier molecular flexibility index (Phi) is 6.24. The Bertz CT molecular complexity index is 587. The summed E-state index contributed by atoms with van der Waals surface area (Å²) in [5.74, 6) is 0. The highest BCUT2D eigenvalue weighted by atomic mass is 35.5. The maximum atomic E-state index is 12.4. The molecular weight excluding hydrogens is 320 g/mol. The number of urea groups is 1. The van der Waals surface area contributed by atoms with E-state index in [-0.39, 0.29) is 18.7 Å². The van der Waals surface area contributed by atoms with Crippen molar-refractivity contribution in [2.75, 3.05) is 19.7 Å². The normalized spacial score (nSPS) is 12.0. The van der Waals surface area contributed by atoms with Crippen LogP contribution in [0.25, 0.3) is 0 Å². The highest BCUT2D eigenvalue weighted by Crippen LogP contribution is 2.27. The highest BCUT2D eigenvalue weighted by molar-refractivity contribution is 7.10. The minimum absolute atomic E-state index is 0.0497. The third-order valence-electron chi connectivity index (χ3n) is 3.34. The molecule has 1 aromatic carbocycles. The van der Waals surface area contributed by atoms with Gasteiger partial charge in [0.1, 0.15) is 0 Å². The quantitative estimate of drug-likeness (QED) is 0.846. The number of aliphatic hydroxyl groups is 1. The zero-order chi connectivity index (χ0) is 15.9. The molecule has 0 spiro atoms. The molecule has 2 rings (SSSR count). The number of likely N-dealkylation sites (N-methyl/N-ethyl adjacent to an activating group) is 1. The fraction of sp³-hybridized carbons (Fsp3) is 0.312. The third kappa shape index (κ3) is 4.22. The van der Waals surface area contributed by atoms with Crippen molar-refractivity contribution in [2.24, 2.45) is 0 Å². The lowest BCUT2D eigenvalue weighted by atomic mass is 10.1. The Hall–Kier alpha value is -1.56. The molecule has 2 aromatic rings. The minimum Gasteiger partial charge on any atom is -0.395 e. The van der Waals surface area contributed by atoms with E-state index in [1.165, 1.54) is 0 Å². The van der Waals surface area contributed by atoms with Gasteiger partial charge in [0, 0.05) is 23.0 Å². The van der Waals surface area contributed by atoms with Crippen molar-refractivity contribution in [3.8, 4) is 0 Å². The minimum atomic E-state index is -0.225. The van der Waals surface area contributed by atoms with E-state index in [4.69, 9.17) is 16.7 Å². The molecule has 0 bridgehead atoms. The predicted molar refractivity (Wildman–Crippen MR) is 90.5 cm³/mol. The Balaban J connectivity index is 2.22. The van der Waals surface area contributed by atoms with Crippen LogP contribution in [0.1, 0.15) is 23.4 Å². The zero-order valence-corrected chi connectivity index (χ0v) is 13.9. The molecule has 1 aromatic heterocycles. The number of hydrogen-bond acceptors (Lipinski definition) is 3. The Morgan fingerprint density at radius 1 is 1.36 bits per heavy atom. The van der Waals surface area contributed by atoms with Crippen LogP contribution in [-0.2, 0) is 0 Å². The molecule has 0 radical (unpaired) electrons. The van der Waals surface area contributed by atoms with Crippen molar-refractivity contribution < 1.29 is 9.90 Å². The van der Waals surface area contributed by atoms with Gasteiger partial charge in [0.05, 0.1) is 12.6 Å². The molecule has 22 heavy (non-hydrogen) atoms. The molecule has 2 N–H and O–H groups in total. The largest absolute Gasteiger partial charge is 0.395 e. The number of nitrogens with zero attached hydrogens (tertiary/aromatic N) is 1. The summed E-state index contributed by atoms with van der Waals surface area (Å²) in [5.41, 5.74) is 0.972. The number of halogens is 1. The summed E-state index contributed by atoms with van der Waals surface area (Å²) < 4.78 is 0. The molecular formula is C16H19ClN2O2S. The van der Waals surface area contributed by atoms with Gasteiger partial charge in [0.15, 0.2) is 0 Å². The summed E-state index contributed by atoms with van der Waals surface area (Å²) >= 11 is 7.53. The lowest BCUT2D eigenvalue weighted by Crippen LogP contribution is -2.43. The molecule has 0 saturated carbocycles. The summed E-state index contributed by atoms with van der Waals surface area (Å²) in [6.07, 6.45) is 0. The first-order chi connectivity index (χ1) is 10.7. The molecule has 1 heterocycles. The topological polar surface area (TPSA) is 52.6 Å². The number of hydrogen-bond donors (Lipinski definition) is 2. The smallest absolute Gasteiger partial charge is 0.318 e. The molecule has 0 aliphatic rings. The Morgan fingerprint density at radius 3 is 2.64 bits per heavy atom. The summed E-state index contributed by atoms with van der Waals surface area (Å²) in [4.78, 5) is 15.0. The maximum absolute atomic E-state index is 12.4. The average Bonchev–Trinajstić information content (AvgIpc) is 3.05. The Morgan fingerprint density at radius 2 is 2.09 bits per heavy atom. The zero-order valence-electron chi connectivity index (χ0n) is 12.3. The molecule has 0 aliphatic carbocycles. The van der Waals surface area contributed by atoms with Crippen molar-refractivity contribution in [1.29, 1.82) is 0 Å². The van der Waals surface area contributed by atoms with Crippen LogP contribution in [0.3, 0.4) is 0 Å². The number of aliphatic hydroxyl groups excluding tert-OH is 1. The second-order valence-corrected chi connectivity index (χ2v) is 6.17. The van der Waals surface area contributed by atoms with E-state index in [9.17, 15) is 4.79 Å². The number of benzene rings is 1. The van der Waals surface area contributed by atoms with Gasteiger partial charge in [-0.15, -0.1) is 11.3 Å². The molecule has 0 saturated heterocycles. The average molecular weight is 339 g/mol. The van der Waals surface area contributed by atoms with E-state index in [2.05, 4.69) is 5.32 Å². The van der Waals surface area contributed by atoms with E-state index in [1.807, 2.05) is 48.7 Å². The maximum Gasteiger partial charge on any atom is 0.318 e. The molecule has 1 unspecified atom stereocenters. The SMILES string of the molecule is CCN(CCO)C(=O)NC(c1ccc(Cl)cc1)c1cccs1. The van der Waals surface area contributed by atoms with E-state index in [0.717, 1.165) is 10.4 Å². The number of amides is 2. The molecule has 4 nitrogen and oxygen atoms in total. The van der Waals surface area contributed by atoms with Gasteiger partial charge in [-0.25, -0.2) is 4.79 Å². The van der Waals surface area contributed by atoms with E-state index < -0.39 is 0 Å². The molecule has 0 aliphatic heterocycles. The second kappa shape index (κ2) is 8.17. The molecule has 118 valence electrons. The highest BCUT2D eigenvalue weighted by Gasteiger charge is 2.20. The van der Waals surface area contributed by atoms with E-state index in [1.54, 1.807) is 16.2 Å². The van der Waals surface area contributed by atoms with E-state index in [0.29, 0.717) is 18.1 Å². The van der Waals surface area contributed by atoms with Gasteiger partial charge in [-0.1, -0.05) is 29.8 Å². The van der Waals surface area contributed by atoms with Crippen LogP contribution in [0.5, 0.6) is 0 Å². The van der Waals surface area contributed by atoms with E-state index >= 15 is 0 Å². The van der Waals surface area contributed by atoms with Crippen LogP contribution >= 0.6 is 22.9 Å². The first-order valence-electron chi connectivity index (χ1n) is 7.11. The molecule has 1 atom stereocenters. The van der Waals surface area contributed by atoms with Crippen LogP contribution in [0.2, 0.25) is 5.02 Å². The van der Waals surface area contributed by atoms with Crippen molar-refractivity contribution in [1.82, 2.24) is 10.2 Å².